The van der Waals surface area contributed by atoms with Crippen LogP contribution in [0.25, 0.3) is 0 Å². The lowest BCUT2D eigenvalue weighted by Gasteiger charge is -2.41. The van der Waals surface area contributed by atoms with Crippen molar-refractivity contribution in [2.45, 2.75) is 50.5 Å². The van der Waals surface area contributed by atoms with Crippen molar-refractivity contribution in [3.8, 4) is 0 Å². The summed E-state index contributed by atoms with van der Waals surface area (Å²) in [6.07, 6.45) is 1.99. The molecule has 0 spiro atoms. The Hall–Kier alpha value is -0.0800. The number of hydrogen-bond donors (Lipinski definition) is 1. The van der Waals surface area contributed by atoms with Crippen LogP contribution in [0.1, 0.15) is 40.0 Å². The van der Waals surface area contributed by atoms with Gasteiger partial charge in [0.2, 0.25) is 0 Å². The highest BCUT2D eigenvalue weighted by atomic mass is 35.5. The van der Waals surface area contributed by atoms with E-state index in [9.17, 15) is 9.90 Å². The zero-order valence-corrected chi connectivity index (χ0v) is 9.19. The number of rotatable bonds is 1. The Kier molecular flexibility index (Phi) is 2.75. The summed E-state index contributed by atoms with van der Waals surface area (Å²) in [6, 6.07) is 0. The Bertz CT molecular complexity index is 219. The van der Waals surface area contributed by atoms with Gasteiger partial charge in [-0.2, -0.15) is 0 Å². The smallest absolute Gasteiger partial charge is 0.156 e. The number of Topliss-reactive ketones (excluding diaryl/α,β-unsaturated/α-hetero) is 1. The zero-order valence-electron chi connectivity index (χ0n) is 8.43. The summed E-state index contributed by atoms with van der Waals surface area (Å²) < 4.78 is 0. The summed E-state index contributed by atoms with van der Waals surface area (Å²) in [6.45, 7) is 5.25. The first-order valence-corrected chi connectivity index (χ1v) is 5.10. The minimum atomic E-state index is -1.12. The molecule has 1 rings (SSSR count). The van der Waals surface area contributed by atoms with Crippen LogP contribution in [0, 0.1) is 5.92 Å². The fourth-order valence-electron chi connectivity index (χ4n) is 1.81. The maximum atomic E-state index is 11.7. The van der Waals surface area contributed by atoms with Crippen molar-refractivity contribution >= 4 is 17.4 Å². The summed E-state index contributed by atoms with van der Waals surface area (Å²) in [5.41, 5.74) is -1.12. The number of carbonyl (C=O) groups is 1. The topological polar surface area (TPSA) is 37.3 Å². The minimum absolute atomic E-state index is 0.0135. The Balaban J connectivity index is 2.86. The lowest BCUT2D eigenvalue weighted by Crippen LogP contribution is -2.54. The van der Waals surface area contributed by atoms with Gasteiger partial charge in [0.25, 0.3) is 0 Å². The van der Waals surface area contributed by atoms with Gasteiger partial charge in [-0.05, 0) is 32.6 Å². The number of carbonyl (C=O) groups excluding carboxylic acids is 1. The summed E-state index contributed by atoms with van der Waals surface area (Å²) in [7, 11) is 0. The van der Waals surface area contributed by atoms with Gasteiger partial charge in [-0.3, -0.25) is 4.79 Å². The van der Waals surface area contributed by atoms with Crippen LogP contribution in [-0.2, 0) is 4.79 Å². The fraction of sp³-hybridized carbons (Fsp3) is 0.900. The first kappa shape index (κ1) is 11.0. The highest BCUT2D eigenvalue weighted by molar-refractivity contribution is 6.36. The van der Waals surface area contributed by atoms with Crippen LogP contribution in [-0.4, -0.2) is 21.4 Å². The van der Waals surface area contributed by atoms with Crippen molar-refractivity contribution < 1.29 is 9.90 Å². The van der Waals surface area contributed by atoms with E-state index >= 15 is 0 Å². The molecule has 76 valence electrons. The van der Waals surface area contributed by atoms with Crippen LogP contribution in [0.2, 0.25) is 0 Å². The van der Waals surface area contributed by atoms with Gasteiger partial charge in [-0.1, -0.05) is 6.92 Å². The monoisotopic (exact) mass is 204 g/mol. The van der Waals surface area contributed by atoms with Crippen molar-refractivity contribution in [1.82, 2.24) is 0 Å². The van der Waals surface area contributed by atoms with Gasteiger partial charge in [0.05, 0.1) is 5.60 Å². The molecule has 1 saturated carbocycles. The Labute approximate surface area is 84.3 Å². The molecule has 2 unspecified atom stereocenters. The highest BCUT2D eigenvalue weighted by Gasteiger charge is 2.50. The van der Waals surface area contributed by atoms with E-state index in [0.29, 0.717) is 18.8 Å². The molecule has 0 saturated heterocycles. The molecule has 2 atom stereocenters. The molecule has 0 aromatic heterocycles. The number of halogens is 1. The molecule has 0 aromatic rings. The molecule has 1 fully saturated rings. The van der Waals surface area contributed by atoms with E-state index in [4.69, 9.17) is 11.6 Å². The van der Waals surface area contributed by atoms with Gasteiger partial charge in [-0.25, -0.2) is 0 Å². The molecule has 2 nitrogen and oxygen atoms in total. The third-order valence-electron chi connectivity index (χ3n) is 2.93. The number of hydrogen-bond acceptors (Lipinski definition) is 2. The van der Waals surface area contributed by atoms with Gasteiger partial charge >= 0.3 is 0 Å². The molecule has 0 aliphatic heterocycles. The number of alkyl halides is 1. The van der Waals surface area contributed by atoms with Gasteiger partial charge in [0.15, 0.2) is 5.78 Å². The number of aliphatic hydroxyl groups is 1. The first-order chi connectivity index (χ1) is 5.77. The van der Waals surface area contributed by atoms with E-state index in [1.807, 2.05) is 6.92 Å². The Morgan fingerprint density at radius 3 is 2.54 bits per heavy atom. The first-order valence-electron chi connectivity index (χ1n) is 4.72. The van der Waals surface area contributed by atoms with Crippen LogP contribution < -0.4 is 0 Å². The second-order valence-corrected chi connectivity index (χ2v) is 5.28. The van der Waals surface area contributed by atoms with Crippen LogP contribution >= 0.6 is 11.6 Å². The average Bonchev–Trinajstić information content (AvgIpc) is 1.95. The fourth-order valence-corrected chi connectivity index (χ4v) is 2.00. The summed E-state index contributed by atoms with van der Waals surface area (Å²) >= 11 is 6.17. The van der Waals surface area contributed by atoms with Gasteiger partial charge < -0.3 is 5.11 Å². The lowest BCUT2D eigenvalue weighted by molar-refractivity contribution is -0.131. The summed E-state index contributed by atoms with van der Waals surface area (Å²) in [5.74, 6) is 0.391. The Morgan fingerprint density at radius 1 is 1.62 bits per heavy atom. The summed E-state index contributed by atoms with van der Waals surface area (Å²) in [4.78, 5) is 10.6. The maximum Gasteiger partial charge on any atom is 0.156 e. The van der Waals surface area contributed by atoms with E-state index in [2.05, 4.69) is 0 Å². The third-order valence-corrected chi connectivity index (χ3v) is 3.79. The second kappa shape index (κ2) is 3.25. The quantitative estimate of drug-likeness (QED) is 0.665. The molecular formula is C10H17ClO2. The van der Waals surface area contributed by atoms with Crippen molar-refractivity contribution in [2.75, 3.05) is 0 Å². The molecule has 0 heterocycles. The lowest BCUT2D eigenvalue weighted by atomic mass is 9.73. The van der Waals surface area contributed by atoms with E-state index in [1.54, 1.807) is 13.8 Å². The molecule has 3 heteroatoms. The molecule has 0 aromatic carbocycles. The van der Waals surface area contributed by atoms with Gasteiger partial charge in [-0.15, -0.1) is 11.6 Å². The van der Waals surface area contributed by atoms with Crippen LogP contribution in [0.4, 0.5) is 0 Å². The van der Waals surface area contributed by atoms with Crippen LogP contribution in [0.5, 0.6) is 0 Å². The summed E-state index contributed by atoms with van der Waals surface area (Å²) in [5, 5.41) is 9.81. The van der Waals surface area contributed by atoms with E-state index in [-0.39, 0.29) is 5.78 Å². The van der Waals surface area contributed by atoms with E-state index < -0.39 is 10.5 Å². The van der Waals surface area contributed by atoms with Gasteiger partial charge in [0, 0.05) is 6.42 Å². The number of ketones is 1. The second-order valence-electron chi connectivity index (χ2n) is 4.63. The molecule has 0 amide bonds. The van der Waals surface area contributed by atoms with Crippen LogP contribution in [0.3, 0.4) is 0 Å². The van der Waals surface area contributed by atoms with Crippen molar-refractivity contribution in [2.24, 2.45) is 5.92 Å². The standard InChI is InChI=1S/C10H17ClO2/c1-7-4-5-10(11,8(12)6-7)9(2,3)13/h7,13H,4-6H2,1-3H3. The average molecular weight is 205 g/mol. The SMILES string of the molecule is CC1CCC(Cl)(C(C)(C)O)C(=O)C1. The highest BCUT2D eigenvalue weighted by Crippen LogP contribution is 2.41. The molecular weight excluding hydrogens is 188 g/mol. The van der Waals surface area contributed by atoms with Crippen molar-refractivity contribution in [3.05, 3.63) is 0 Å². The third kappa shape index (κ3) is 1.89. The largest absolute Gasteiger partial charge is 0.388 e. The predicted octanol–water partition coefficient (Wildman–Crippen LogP) is 2.12. The minimum Gasteiger partial charge on any atom is -0.388 e. The molecule has 1 aliphatic carbocycles. The van der Waals surface area contributed by atoms with Crippen LogP contribution in [0.15, 0.2) is 0 Å². The van der Waals surface area contributed by atoms with Crippen molar-refractivity contribution in [3.63, 3.8) is 0 Å². The Morgan fingerprint density at radius 2 is 2.15 bits per heavy atom. The predicted molar refractivity (Wildman–Crippen MR) is 52.9 cm³/mol. The molecule has 0 radical (unpaired) electrons. The van der Waals surface area contributed by atoms with E-state index in [0.717, 1.165) is 6.42 Å². The molecule has 1 aliphatic rings. The molecule has 1 N–H and O–H groups in total. The van der Waals surface area contributed by atoms with Gasteiger partial charge in [0.1, 0.15) is 4.87 Å². The van der Waals surface area contributed by atoms with E-state index in [1.165, 1.54) is 0 Å². The maximum absolute atomic E-state index is 11.7. The molecule has 13 heavy (non-hydrogen) atoms. The van der Waals surface area contributed by atoms with Crippen molar-refractivity contribution in [1.29, 1.82) is 0 Å². The molecule has 0 bridgehead atoms. The normalized spacial score (nSPS) is 36.4. The zero-order chi connectivity index (χ0) is 10.3.